The number of methoxy groups -OCH3 is 1. The highest BCUT2D eigenvalue weighted by molar-refractivity contribution is 5.29. The zero-order chi connectivity index (χ0) is 12.7. The zero-order valence-electron chi connectivity index (χ0n) is 10.9. The molecule has 0 amide bonds. The summed E-state index contributed by atoms with van der Waals surface area (Å²) >= 11 is 0. The minimum Gasteiger partial charge on any atom is -0.497 e. The standard InChI is InChI=1S/C14H23NO2/c1-4-10-15-13(5-2)14(16)11-6-8-12(17-3)9-7-11/h6-9,13-16H,4-5,10H2,1-3H3. The Kier molecular flexibility index (Phi) is 6.01. The van der Waals surface area contributed by atoms with Crippen LogP contribution in [0.5, 0.6) is 5.75 Å². The molecule has 1 rings (SSSR count). The molecule has 3 nitrogen and oxygen atoms in total. The van der Waals surface area contributed by atoms with Crippen molar-refractivity contribution in [2.75, 3.05) is 13.7 Å². The fourth-order valence-corrected chi connectivity index (χ4v) is 1.84. The zero-order valence-corrected chi connectivity index (χ0v) is 10.9. The van der Waals surface area contributed by atoms with E-state index in [0.29, 0.717) is 0 Å². The summed E-state index contributed by atoms with van der Waals surface area (Å²) in [5.41, 5.74) is 0.932. The molecule has 0 saturated carbocycles. The van der Waals surface area contributed by atoms with Crippen LogP contribution in [-0.4, -0.2) is 24.8 Å². The lowest BCUT2D eigenvalue weighted by atomic mass is 10.00. The Hall–Kier alpha value is -1.06. The summed E-state index contributed by atoms with van der Waals surface area (Å²) in [6.45, 7) is 5.14. The van der Waals surface area contributed by atoms with E-state index in [1.165, 1.54) is 0 Å². The molecule has 0 aliphatic carbocycles. The van der Waals surface area contributed by atoms with E-state index >= 15 is 0 Å². The smallest absolute Gasteiger partial charge is 0.118 e. The summed E-state index contributed by atoms with van der Waals surface area (Å²) in [7, 11) is 1.64. The second-order valence-electron chi connectivity index (χ2n) is 4.19. The van der Waals surface area contributed by atoms with Gasteiger partial charge in [-0.05, 0) is 37.1 Å². The number of hydrogen-bond acceptors (Lipinski definition) is 3. The molecule has 0 saturated heterocycles. The van der Waals surface area contributed by atoms with E-state index in [1.54, 1.807) is 7.11 Å². The van der Waals surface area contributed by atoms with Crippen molar-refractivity contribution in [2.45, 2.75) is 38.8 Å². The first-order valence-corrected chi connectivity index (χ1v) is 6.28. The predicted molar refractivity (Wildman–Crippen MR) is 70.3 cm³/mol. The van der Waals surface area contributed by atoms with Crippen molar-refractivity contribution in [3.05, 3.63) is 29.8 Å². The number of rotatable bonds is 7. The lowest BCUT2D eigenvalue weighted by Gasteiger charge is -2.23. The summed E-state index contributed by atoms with van der Waals surface area (Å²) in [5.74, 6) is 0.815. The lowest BCUT2D eigenvalue weighted by molar-refractivity contribution is 0.126. The fourth-order valence-electron chi connectivity index (χ4n) is 1.84. The maximum absolute atomic E-state index is 10.3. The number of ether oxygens (including phenoxy) is 1. The van der Waals surface area contributed by atoms with Crippen molar-refractivity contribution in [2.24, 2.45) is 0 Å². The van der Waals surface area contributed by atoms with Crippen LogP contribution in [0, 0.1) is 0 Å². The van der Waals surface area contributed by atoms with Crippen LogP contribution in [0.15, 0.2) is 24.3 Å². The van der Waals surface area contributed by atoms with Crippen LogP contribution in [0.25, 0.3) is 0 Å². The molecule has 0 heterocycles. The third kappa shape index (κ3) is 4.02. The van der Waals surface area contributed by atoms with Gasteiger partial charge in [0.25, 0.3) is 0 Å². The van der Waals surface area contributed by atoms with Crippen LogP contribution in [-0.2, 0) is 0 Å². The van der Waals surface area contributed by atoms with E-state index in [2.05, 4.69) is 19.2 Å². The molecule has 1 aromatic carbocycles. The van der Waals surface area contributed by atoms with Crippen molar-refractivity contribution >= 4 is 0 Å². The molecule has 1 aromatic rings. The Labute approximate surface area is 104 Å². The average Bonchev–Trinajstić information content (AvgIpc) is 2.39. The molecule has 0 aromatic heterocycles. The number of aliphatic hydroxyl groups excluding tert-OH is 1. The summed E-state index contributed by atoms with van der Waals surface area (Å²) in [5, 5.41) is 13.6. The first kappa shape index (κ1) is 14.0. The summed E-state index contributed by atoms with van der Waals surface area (Å²) in [6, 6.07) is 7.71. The maximum Gasteiger partial charge on any atom is 0.118 e. The molecule has 2 N–H and O–H groups in total. The van der Waals surface area contributed by atoms with E-state index in [4.69, 9.17) is 4.74 Å². The van der Waals surface area contributed by atoms with Crippen LogP contribution >= 0.6 is 0 Å². The van der Waals surface area contributed by atoms with Crippen LogP contribution in [0.3, 0.4) is 0 Å². The predicted octanol–water partition coefficient (Wildman–Crippen LogP) is 2.51. The Morgan fingerprint density at radius 2 is 1.88 bits per heavy atom. The first-order chi connectivity index (χ1) is 8.22. The number of nitrogens with one attached hydrogen (secondary N) is 1. The summed E-state index contributed by atoms with van der Waals surface area (Å²) in [4.78, 5) is 0. The van der Waals surface area contributed by atoms with E-state index in [1.807, 2.05) is 24.3 Å². The van der Waals surface area contributed by atoms with Gasteiger partial charge in [0, 0.05) is 6.04 Å². The van der Waals surface area contributed by atoms with Gasteiger partial charge in [0.2, 0.25) is 0 Å². The molecule has 96 valence electrons. The second-order valence-corrected chi connectivity index (χ2v) is 4.19. The van der Waals surface area contributed by atoms with Crippen LogP contribution in [0.4, 0.5) is 0 Å². The second kappa shape index (κ2) is 7.30. The number of benzene rings is 1. The van der Waals surface area contributed by atoms with E-state index in [-0.39, 0.29) is 6.04 Å². The fraction of sp³-hybridized carbons (Fsp3) is 0.571. The van der Waals surface area contributed by atoms with E-state index < -0.39 is 6.10 Å². The molecule has 3 heteroatoms. The van der Waals surface area contributed by atoms with Gasteiger partial charge >= 0.3 is 0 Å². The van der Waals surface area contributed by atoms with Crippen molar-refractivity contribution in [3.63, 3.8) is 0 Å². The Morgan fingerprint density at radius 3 is 2.35 bits per heavy atom. The molecule has 2 unspecified atom stereocenters. The molecule has 2 atom stereocenters. The Balaban J connectivity index is 2.67. The number of aliphatic hydroxyl groups is 1. The monoisotopic (exact) mass is 237 g/mol. The molecule has 0 radical (unpaired) electrons. The van der Waals surface area contributed by atoms with Gasteiger partial charge < -0.3 is 15.2 Å². The van der Waals surface area contributed by atoms with Crippen LogP contribution < -0.4 is 10.1 Å². The van der Waals surface area contributed by atoms with Crippen LogP contribution in [0.1, 0.15) is 38.4 Å². The maximum atomic E-state index is 10.3. The summed E-state index contributed by atoms with van der Waals surface area (Å²) in [6.07, 6.45) is 1.52. The Bertz CT molecular complexity index is 311. The normalized spacial score (nSPS) is 14.4. The molecular formula is C14H23NO2. The highest BCUT2D eigenvalue weighted by atomic mass is 16.5. The molecule has 0 aliphatic heterocycles. The minimum atomic E-state index is -0.461. The van der Waals surface area contributed by atoms with Crippen LogP contribution in [0.2, 0.25) is 0 Å². The molecule has 17 heavy (non-hydrogen) atoms. The number of hydrogen-bond donors (Lipinski definition) is 2. The third-order valence-electron chi connectivity index (χ3n) is 2.93. The first-order valence-electron chi connectivity index (χ1n) is 6.28. The van der Waals surface area contributed by atoms with Gasteiger partial charge in [0.1, 0.15) is 5.75 Å². The van der Waals surface area contributed by atoms with Gasteiger partial charge in [-0.25, -0.2) is 0 Å². The minimum absolute atomic E-state index is 0.114. The van der Waals surface area contributed by atoms with Crippen molar-refractivity contribution in [1.29, 1.82) is 0 Å². The highest BCUT2D eigenvalue weighted by Crippen LogP contribution is 2.21. The van der Waals surface area contributed by atoms with E-state index in [0.717, 1.165) is 30.7 Å². The average molecular weight is 237 g/mol. The lowest BCUT2D eigenvalue weighted by Crippen LogP contribution is -2.34. The van der Waals surface area contributed by atoms with Gasteiger partial charge in [-0.1, -0.05) is 26.0 Å². The molecule has 0 fully saturated rings. The van der Waals surface area contributed by atoms with Gasteiger partial charge in [-0.2, -0.15) is 0 Å². The highest BCUT2D eigenvalue weighted by Gasteiger charge is 2.18. The molecular weight excluding hydrogens is 214 g/mol. The van der Waals surface area contributed by atoms with Gasteiger partial charge in [-0.3, -0.25) is 0 Å². The molecule has 0 aliphatic rings. The quantitative estimate of drug-likeness (QED) is 0.765. The molecule has 0 spiro atoms. The van der Waals surface area contributed by atoms with Crippen molar-refractivity contribution in [3.8, 4) is 5.75 Å². The molecule has 0 bridgehead atoms. The SMILES string of the molecule is CCCNC(CC)C(O)c1ccc(OC)cc1. The Morgan fingerprint density at radius 1 is 1.24 bits per heavy atom. The van der Waals surface area contributed by atoms with Gasteiger partial charge in [-0.15, -0.1) is 0 Å². The van der Waals surface area contributed by atoms with Crippen molar-refractivity contribution in [1.82, 2.24) is 5.32 Å². The van der Waals surface area contributed by atoms with E-state index in [9.17, 15) is 5.11 Å². The van der Waals surface area contributed by atoms with Gasteiger partial charge in [0.05, 0.1) is 13.2 Å². The largest absolute Gasteiger partial charge is 0.497 e. The topological polar surface area (TPSA) is 41.5 Å². The summed E-state index contributed by atoms with van der Waals surface area (Å²) < 4.78 is 5.10. The van der Waals surface area contributed by atoms with Crippen molar-refractivity contribution < 1.29 is 9.84 Å². The third-order valence-corrected chi connectivity index (χ3v) is 2.93. The van der Waals surface area contributed by atoms with Gasteiger partial charge in [0.15, 0.2) is 0 Å².